The third kappa shape index (κ3) is 4.35. The summed E-state index contributed by atoms with van der Waals surface area (Å²) >= 11 is 1.46. The summed E-state index contributed by atoms with van der Waals surface area (Å²) < 4.78 is 1.67. The van der Waals surface area contributed by atoms with Crippen molar-refractivity contribution in [3.8, 4) is 10.6 Å². The molecule has 8 nitrogen and oxygen atoms in total. The van der Waals surface area contributed by atoms with Crippen molar-refractivity contribution in [1.82, 2.24) is 35.6 Å². The van der Waals surface area contributed by atoms with Crippen molar-refractivity contribution in [1.29, 1.82) is 0 Å². The standard InChI is InChI=1S/C15H17N7OS/c1-11(8-22-10-16-9-18-22)19-15(23)17-7-13-20-21-14(24-13)12-5-3-2-4-6-12/h2-6,9-11H,7-8H2,1H3,(H2,17,19,23). The average molecular weight is 343 g/mol. The summed E-state index contributed by atoms with van der Waals surface area (Å²) in [6.07, 6.45) is 3.08. The van der Waals surface area contributed by atoms with Crippen LogP contribution in [0.3, 0.4) is 0 Å². The first kappa shape index (κ1) is 16.1. The predicted molar refractivity (Wildman–Crippen MR) is 90.2 cm³/mol. The molecule has 1 atom stereocenters. The Morgan fingerprint density at radius 3 is 2.88 bits per heavy atom. The summed E-state index contributed by atoms with van der Waals surface area (Å²) in [5.74, 6) is 0. The van der Waals surface area contributed by atoms with Crippen LogP contribution < -0.4 is 10.6 Å². The van der Waals surface area contributed by atoms with Gasteiger partial charge >= 0.3 is 6.03 Å². The minimum absolute atomic E-state index is 0.0685. The van der Waals surface area contributed by atoms with Crippen molar-refractivity contribution < 1.29 is 4.79 Å². The van der Waals surface area contributed by atoms with E-state index in [9.17, 15) is 4.79 Å². The SMILES string of the molecule is CC(Cn1cncn1)NC(=O)NCc1nnc(-c2ccccc2)s1. The number of amides is 2. The number of nitrogens with zero attached hydrogens (tertiary/aromatic N) is 5. The van der Waals surface area contributed by atoms with Gasteiger partial charge < -0.3 is 10.6 Å². The highest BCUT2D eigenvalue weighted by Crippen LogP contribution is 2.22. The van der Waals surface area contributed by atoms with E-state index in [1.807, 2.05) is 37.3 Å². The van der Waals surface area contributed by atoms with E-state index in [1.165, 1.54) is 17.7 Å². The summed E-state index contributed by atoms with van der Waals surface area (Å²) in [5, 5.41) is 19.5. The number of carbonyl (C=O) groups excluding carboxylic acids is 1. The fourth-order valence-electron chi connectivity index (χ4n) is 2.11. The minimum atomic E-state index is -0.251. The van der Waals surface area contributed by atoms with Crippen molar-refractivity contribution >= 4 is 17.4 Å². The van der Waals surface area contributed by atoms with Gasteiger partial charge in [0.05, 0.1) is 13.1 Å². The van der Waals surface area contributed by atoms with Crippen molar-refractivity contribution in [2.45, 2.75) is 26.1 Å². The Balaban J connectivity index is 1.47. The van der Waals surface area contributed by atoms with Gasteiger partial charge in [-0.3, -0.25) is 4.68 Å². The predicted octanol–water partition coefficient (Wildman–Crippen LogP) is 1.68. The number of carbonyl (C=O) groups is 1. The molecule has 3 aromatic rings. The molecule has 0 bridgehead atoms. The minimum Gasteiger partial charge on any atom is -0.334 e. The Bertz CT molecular complexity index is 772. The molecule has 1 aromatic carbocycles. The van der Waals surface area contributed by atoms with Crippen LogP contribution in [0.2, 0.25) is 0 Å². The second-order valence-electron chi connectivity index (χ2n) is 5.21. The molecular formula is C15H17N7OS. The van der Waals surface area contributed by atoms with Gasteiger partial charge in [0.1, 0.15) is 22.7 Å². The van der Waals surface area contributed by atoms with Crippen LogP contribution in [0.15, 0.2) is 43.0 Å². The lowest BCUT2D eigenvalue weighted by Gasteiger charge is -2.13. The molecule has 24 heavy (non-hydrogen) atoms. The number of hydrogen-bond donors (Lipinski definition) is 2. The Labute approximate surface area is 143 Å². The van der Waals surface area contributed by atoms with Crippen molar-refractivity contribution in [2.24, 2.45) is 0 Å². The molecule has 2 N–H and O–H groups in total. The van der Waals surface area contributed by atoms with E-state index in [4.69, 9.17) is 0 Å². The van der Waals surface area contributed by atoms with Crippen LogP contribution >= 0.6 is 11.3 Å². The van der Waals surface area contributed by atoms with E-state index >= 15 is 0 Å². The first-order chi connectivity index (χ1) is 11.7. The molecule has 0 aliphatic rings. The lowest BCUT2D eigenvalue weighted by atomic mass is 10.2. The first-order valence-corrected chi connectivity index (χ1v) is 8.27. The van der Waals surface area contributed by atoms with Crippen LogP contribution in [0.5, 0.6) is 0 Å². The van der Waals surface area contributed by atoms with Gasteiger partial charge in [-0.2, -0.15) is 5.10 Å². The average Bonchev–Trinajstić information content (AvgIpc) is 3.25. The fourth-order valence-corrected chi connectivity index (χ4v) is 2.89. The number of aromatic nitrogens is 5. The maximum Gasteiger partial charge on any atom is 0.315 e. The van der Waals surface area contributed by atoms with Gasteiger partial charge in [-0.1, -0.05) is 41.7 Å². The molecule has 2 heterocycles. The third-order valence-corrected chi connectivity index (χ3v) is 4.17. The van der Waals surface area contributed by atoms with E-state index in [0.29, 0.717) is 13.1 Å². The largest absolute Gasteiger partial charge is 0.334 e. The van der Waals surface area contributed by atoms with Gasteiger partial charge in [0.2, 0.25) is 0 Å². The topological polar surface area (TPSA) is 97.6 Å². The summed E-state index contributed by atoms with van der Waals surface area (Å²) in [6, 6.07) is 9.52. The first-order valence-electron chi connectivity index (χ1n) is 7.45. The molecule has 3 rings (SSSR count). The number of benzene rings is 1. The normalized spacial score (nSPS) is 11.9. The molecule has 2 aromatic heterocycles. The van der Waals surface area contributed by atoms with E-state index in [2.05, 4.69) is 30.9 Å². The zero-order chi connectivity index (χ0) is 16.8. The number of nitrogens with one attached hydrogen (secondary N) is 2. The lowest BCUT2D eigenvalue weighted by molar-refractivity contribution is 0.235. The molecule has 1 unspecified atom stereocenters. The van der Waals surface area contributed by atoms with E-state index < -0.39 is 0 Å². The molecule has 9 heteroatoms. The molecule has 0 radical (unpaired) electrons. The van der Waals surface area contributed by atoms with Crippen LogP contribution in [-0.2, 0) is 13.1 Å². The highest BCUT2D eigenvalue weighted by Gasteiger charge is 2.10. The van der Waals surface area contributed by atoms with E-state index in [-0.39, 0.29) is 12.1 Å². The quantitative estimate of drug-likeness (QED) is 0.710. The zero-order valence-electron chi connectivity index (χ0n) is 13.1. The van der Waals surface area contributed by atoms with Crippen molar-refractivity contribution in [3.05, 3.63) is 48.0 Å². The highest BCUT2D eigenvalue weighted by molar-refractivity contribution is 7.14. The van der Waals surface area contributed by atoms with Gasteiger partial charge in [0.25, 0.3) is 0 Å². The van der Waals surface area contributed by atoms with Crippen LogP contribution in [0.4, 0.5) is 4.79 Å². The molecule has 0 saturated heterocycles. The van der Waals surface area contributed by atoms with Crippen molar-refractivity contribution in [3.63, 3.8) is 0 Å². The van der Waals surface area contributed by atoms with Gasteiger partial charge in [-0.25, -0.2) is 9.78 Å². The Kier molecular flexibility index (Phi) is 5.12. The second-order valence-corrected chi connectivity index (χ2v) is 6.27. The summed E-state index contributed by atoms with van der Waals surface area (Å²) in [6.45, 7) is 2.80. The van der Waals surface area contributed by atoms with Gasteiger partial charge in [0.15, 0.2) is 0 Å². The lowest BCUT2D eigenvalue weighted by Crippen LogP contribution is -2.42. The summed E-state index contributed by atoms with van der Waals surface area (Å²) in [4.78, 5) is 15.8. The van der Waals surface area contributed by atoms with Crippen LogP contribution in [-0.4, -0.2) is 37.0 Å². The number of rotatable bonds is 6. The fraction of sp³-hybridized carbons (Fsp3) is 0.267. The van der Waals surface area contributed by atoms with Crippen molar-refractivity contribution in [2.75, 3.05) is 0 Å². The maximum absolute atomic E-state index is 11.9. The third-order valence-electron chi connectivity index (χ3n) is 3.19. The Hall–Kier alpha value is -2.81. The Morgan fingerprint density at radius 2 is 2.12 bits per heavy atom. The molecule has 0 spiro atoms. The monoisotopic (exact) mass is 343 g/mol. The molecule has 0 aliphatic heterocycles. The van der Waals surface area contributed by atoms with Crippen LogP contribution in [0.25, 0.3) is 10.6 Å². The summed E-state index contributed by atoms with van der Waals surface area (Å²) in [7, 11) is 0. The maximum atomic E-state index is 11.9. The number of hydrogen-bond acceptors (Lipinski definition) is 6. The van der Waals surface area contributed by atoms with Gasteiger partial charge in [-0.05, 0) is 6.92 Å². The van der Waals surface area contributed by atoms with E-state index in [1.54, 1.807) is 11.0 Å². The summed E-state index contributed by atoms with van der Waals surface area (Å²) in [5.41, 5.74) is 1.02. The molecule has 2 amide bonds. The van der Waals surface area contributed by atoms with Crippen LogP contribution in [0, 0.1) is 0 Å². The van der Waals surface area contributed by atoms with Gasteiger partial charge in [0, 0.05) is 11.6 Å². The van der Waals surface area contributed by atoms with Gasteiger partial charge in [-0.15, -0.1) is 10.2 Å². The number of urea groups is 1. The Morgan fingerprint density at radius 1 is 1.29 bits per heavy atom. The molecule has 0 fully saturated rings. The molecule has 0 aliphatic carbocycles. The van der Waals surface area contributed by atoms with E-state index in [0.717, 1.165) is 15.6 Å². The second kappa shape index (κ2) is 7.64. The van der Waals surface area contributed by atoms with Crippen LogP contribution in [0.1, 0.15) is 11.9 Å². The molecule has 0 saturated carbocycles. The molecule has 124 valence electrons. The highest BCUT2D eigenvalue weighted by atomic mass is 32.1. The smallest absolute Gasteiger partial charge is 0.315 e. The zero-order valence-corrected chi connectivity index (χ0v) is 13.9. The molecular weight excluding hydrogens is 326 g/mol.